The van der Waals surface area contributed by atoms with Crippen molar-refractivity contribution < 1.29 is 12.4 Å². The fourth-order valence-electron chi connectivity index (χ4n) is 3.58. The Hall–Kier alpha value is 0.340. The third-order valence-electron chi connectivity index (χ3n) is 5.49. The third-order valence-corrected chi connectivity index (χ3v) is 9.66. The molecule has 0 aromatic heterocycles. The maximum atomic E-state index is 12.4. The van der Waals surface area contributed by atoms with Gasteiger partial charge < -0.3 is 0 Å². The van der Waals surface area contributed by atoms with E-state index in [-0.39, 0.29) is 5.75 Å². The summed E-state index contributed by atoms with van der Waals surface area (Å²) < 4.78 is 30.6. The molecule has 0 spiro atoms. The summed E-state index contributed by atoms with van der Waals surface area (Å²) in [6.07, 6.45) is 23.6. The molecule has 0 amide bonds. The lowest BCUT2D eigenvalue weighted by molar-refractivity contribution is 0.499. The Balaban J connectivity index is 4.00. The van der Waals surface area contributed by atoms with Crippen LogP contribution < -0.4 is 0 Å². The van der Waals surface area contributed by atoms with E-state index in [4.69, 9.17) is 3.97 Å². The van der Waals surface area contributed by atoms with Gasteiger partial charge in [-0.05, 0) is 31.6 Å². The molecule has 3 nitrogen and oxygen atoms in total. The van der Waals surface area contributed by atoms with Gasteiger partial charge in [-0.15, -0.1) is 0 Å². The fourth-order valence-corrected chi connectivity index (χ4v) is 7.69. The van der Waals surface area contributed by atoms with Gasteiger partial charge in [-0.1, -0.05) is 117 Å². The number of hydrogen-bond donors (Lipinski definition) is 0. The van der Waals surface area contributed by atoms with Gasteiger partial charge in [0.15, 0.2) is 0 Å². The highest BCUT2D eigenvalue weighted by Gasteiger charge is 2.19. The highest BCUT2D eigenvalue weighted by atomic mass is 32.2. The first kappa shape index (κ1) is 29.3. The lowest BCUT2D eigenvalue weighted by atomic mass is 10.1. The van der Waals surface area contributed by atoms with E-state index >= 15 is 0 Å². The summed E-state index contributed by atoms with van der Waals surface area (Å²) in [5, 5.41) is 0. The predicted molar refractivity (Wildman–Crippen MR) is 132 cm³/mol. The second-order valence-corrected chi connectivity index (χ2v) is 12.5. The molecule has 0 aromatic rings. The smallest absolute Gasteiger partial charge is 0.248 e. The van der Waals surface area contributed by atoms with Crippen molar-refractivity contribution >= 4 is 18.3 Å². The first-order valence-corrected chi connectivity index (χ1v) is 15.9. The second kappa shape index (κ2) is 21.6. The highest BCUT2D eigenvalue weighted by Crippen LogP contribution is 2.41. The van der Waals surface area contributed by atoms with E-state index in [1.165, 1.54) is 83.5 Å². The molecule has 29 heavy (non-hydrogen) atoms. The quantitative estimate of drug-likeness (QED) is 0.115. The summed E-state index contributed by atoms with van der Waals surface area (Å²) in [7, 11) is -4.15. The molecule has 5 heteroatoms. The Kier molecular flexibility index (Phi) is 21.8. The van der Waals surface area contributed by atoms with E-state index in [0.29, 0.717) is 0 Å². The van der Waals surface area contributed by atoms with Crippen molar-refractivity contribution in [2.45, 2.75) is 136 Å². The minimum Gasteiger partial charge on any atom is -0.248 e. The Bertz CT molecular complexity index is 414. The van der Waals surface area contributed by atoms with Crippen LogP contribution in [0.3, 0.4) is 0 Å². The normalized spacial score (nSPS) is 12.1. The fraction of sp³-hybridized carbons (Fsp3) is 1.00. The maximum Gasteiger partial charge on any atom is 0.270 e. The first-order chi connectivity index (χ1) is 14.1. The average molecular weight is 451 g/mol. The maximum absolute atomic E-state index is 12.4. The van der Waals surface area contributed by atoms with Crippen LogP contribution in [0, 0.1) is 0 Å². The monoisotopic (exact) mass is 450 g/mol. The standard InChI is InChI=1S/C24H51O3PS/c1-4-7-10-13-14-15-16-17-18-21-24-29(25,26)27-28(22-19-11-8-5-2)23-20-12-9-6-3/h4-24H2,1-3H3. The molecule has 0 bridgehead atoms. The predicted octanol–water partition coefficient (Wildman–Crippen LogP) is 8.81. The molecule has 0 N–H and O–H groups in total. The Morgan fingerprint density at radius 1 is 0.517 bits per heavy atom. The Morgan fingerprint density at radius 2 is 0.862 bits per heavy atom. The summed E-state index contributed by atoms with van der Waals surface area (Å²) in [6, 6.07) is 0. The van der Waals surface area contributed by atoms with Crippen molar-refractivity contribution in [1.29, 1.82) is 0 Å². The molecule has 0 aliphatic rings. The number of unbranched alkanes of at least 4 members (excludes halogenated alkanes) is 15. The van der Waals surface area contributed by atoms with Gasteiger partial charge in [-0.25, -0.2) is 3.97 Å². The van der Waals surface area contributed by atoms with Crippen LogP contribution in [0.2, 0.25) is 0 Å². The zero-order valence-corrected chi connectivity index (χ0v) is 21.6. The largest absolute Gasteiger partial charge is 0.270 e. The van der Waals surface area contributed by atoms with Gasteiger partial charge in [0, 0.05) is 0 Å². The molecule has 0 aliphatic heterocycles. The van der Waals surface area contributed by atoms with Crippen LogP contribution in [-0.2, 0) is 14.1 Å². The molecule has 176 valence electrons. The van der Waals surface area contributed by atoms with Gasteiger partial charge >= 0.3 is 0 Å². The van der Waals surface area contributed by atoms with Crippen molar-refractivity contribution in [1.82, 2.24) is 0 Å². The van der Waals surface area contributed by atoms with Gasteiger partial charge in [0.05, 0.1) is 13.9 Å². The topological polar surface area (TPSA) is 43.4 Å². The van der Waals surface area contributed by atoms with E-state index < -0.39 is 18.3 Å². The number of hydrogen-bond acceptors (Lipinski definition) is 3. The van der Waals surface area contributed by atoms with Crippen LogP contribution in [0.5, 0.6) is 0 Å². The molecule has 0 rings (SSSR count). The van der Waals surface area contributed by atoms with Crippen LogP contribution >= 0.6 is 8.15 Å². The van der Waals surface area contributed by atoms with Gasteiger partial charge in [-0.3, -0.25) is 0 Å². The van der Waals surface area contributed by atoms with Crippen molar-refractivity contribution in [2.75, 3.05) is 18.1 Å². The van der Waals surface area contributed by atoms with Gasteiger partial charge in [0.2, 0.25) is 0 Å². The van der Waals surface area contributed by atoms with E-state index in [2.05, 4.69) is 20.8 Å². The van der Waals surface area contributed by atoms with Gasteiger partial charge in [0.25, 0.3) is 10.1 Å². The summed E-state index contributed by atoms with van der Waals surface area (Å²) in [5.41, 5.74) is 0. The van der Waals surface area contributed by atoms with Crippen molar-refractivity contribution in [3.63, 3.8) is 0 Å². The van der Waals surface area contributed by atoms with Crippen LogP contribution in [0.15, 0.2) is 0 Å². The van der Waals surface area contributed by atoms with Crippen LogP contribution in [0.25, 0.3) is 0 Å². The molecule has 0 aliphatic carbocycles. The lowest BCUT2D eigenvalue weighted by Gasteiger charge is -2.17. The average Bonchev–Trinajstić information content (AvgIpc) is 2.69. The molecule has 0 saturated heterocycles. The number of rotatable bonds is 23. The van der Waals surface area contributed by atoms with E-state index in [1.54, 1.807) is 0 Å². The highest BCUT2D eigenvalue weighted by molar-refractivity contribution is 7.90. The molecule has 0 radical (unpaired) electrons. The Labute approximate surface area is 185 Å². The molecular weight excluding hydrogens is 399 g/mol. The van der Waals surface area contributed by atoms with Crippen molar-refractivity contribution in [3.8, 4) is 0 Å². The lowest BCUT2D eigenvalue weighted by Crippen LogP contribution is -2.10. The molecule has 0 aromatic carbocycles. The minimum absolute atomic E-state index is 0.215. The molecular formula is C24H51O3PS. The van der Waals surface area contributed by atoms with Gasteiger partial charge in [-0.2, -0.15) is 8.42 Å². The molecule has 0 saturated carbocycles. The third kappa shape index (κ3) is 21.4. The summed E-state index contributed by atoms with van der Waals surface area (Å²) >= 11 is 0. The minimum atomic E-state index is -3.35. The first-order valence-electron chi connectivity index (χ1n) is 12.7. The molecule has 0 heterocycles. The zero-order chi connectivity index (χ0) is 21.6. The Morgan fingerprint density at radius 3 is 1.28 bits per heavy atom. The van der Waals surface area contributed by atoms with Crippen LogP contribution in [0.4, 0.5) is 0 Å². The van der Waals surface area contributed by atoms with Crippen LogP contribution in [0.1, 0.15) is 136 Å². The van der Waals surface area contributed by atoms with Crippen molar-refractivity contribution in [3.05, 3.63) is 0 Å². The van der Waals surface area contributed by atoms with E-state index in [9.17, 15) is 8.42 Å². The molecule has 0 unspecified atom stereocenters. The SMILES string of the molecule is CCCCCCCCCCCCS(=O)(=O)OP(CCCCCC)CCCCCC. The summed E-state index contributed by atoms with van der Waals surface area (Å²) in [6.45, 7) is 6.67. The summed E-state index contributed by atoms with van der Waals surface area (Å²) in [4.78, 5) is 0. The molecule has 0 fully saturated rings. The van der Waals surface area contributed by atoms with Gasteiger partial charge in [0.1, 0.15) is 0 Å². The summed E-state index contributed by atoms with van der Waals surface area (Å²) in [5.74, 6) is 0.215. The van der Waals surface area contributed by atoms with E-state index in [1.807, 2.05) is 0 Å². The van der Waals surface area contributed by atoms with Crippen LogP contribution in [-0.4, -0.2) is 26.5 Å². The second-order valence-electron chi connectivity index (χ2n) is 8.57. The molecule has 0 atom stereocenters. The zero-order valence-electron chi connectivity index (χ0n) is 19.9. The van der Waals surface area contributed by atoms with Crippen molar-refractivity contribution in [2.24, 2.45) is 0 Å². The van der Waals surface area contributed by atoms with E-state index in [0.717, 1.165) is 44.4 Å².